The summed E-state index contributed by atoms with van der Waals surface area (Å²) >= 11 is 0. The summed E-state index contributed by atoms with van der Waals surface area (Å²) in [6, 6.07) is 16.0. The molecular formula is C22H21N3O3S. The summed E-state index contributed by atoms with van der Waals surface area (Å²) in [4.78, 5) is 16.8. The summed E-state index contributed by atoms with van der Waals surface area (Å²) in [5.74, 6) is -0.131. The van der Waals surface area contributed by atoms with Crippen molar-refractivity contribution in [2.75, 3.05) is 16.2 Å². The van der Waals surface area contributed by atoms with Gasteiger partial charge in [0.1, 0.15) is 6.54 Å². The third-order valence-electron chi connectivity index (χ3n) is 4.93. The average Bonchev–Trinajstić information content (AvgIpc) is 2.71. The van der Waals surface area contributed by atoms with Gasteiger partial charge >= 0.3 is 0 Å². The van der Waals surface area contributed by atoms with Crippen molar-refractivity contribution in [1.29, 1.82) is 0 Å². The van der Waals surface area contributed by atoms with Gasteiger partial charge in [-0.05, 0) is 41.8 Å². The number of hydrogen-bond acceptors (Lipinski definition) is 4. The number of carbonyl (C=O) groups is 1. The van der Waals surface area contributed by atoms with Crippen LogP contribution in [-0.2, 0) is 14.8 Å². The van der Waals surface area contributed by atoms with Crippen LogP contribution in [0.4, 0.5) is 11.4 Å². The first kappa shape index (κ1) is 19.1. The Kier molecular flexibility index (Phi) is 4.84. The topological polar surface area (TPSA) is 79.4 Å². The molecule has 0 radical (unpaired) electrons. The van der Waals surface area contributed by atoms with Crippen LogP contribution in [0.25, 0.3) is 11.1 Å². The molecular weight excluding hydrogens is 386 g/mol. The molecule has 1 aromatic heterocycles. The van der Waals surface area contributed by atoms with Crippen molar-refractivity contribution in [3.8, 4) is 11.1 Å². The first-order chi connectivity index (χ1) is 13.9. The minimum absolute atomic E-state index is 0.211. The zero-order valence-electron chi connectivity index (χ0n) is 16.2. The van der Waals surface area contributed by atoms with Crippen molar-refractivity contribution in [2.24, 2.45) is 0 Å². The third kappa shape index (κ3) is 3.49. The van der Waals surface area contributed by atoms with Gasteiger partial charge in [0.15, 0.2) is 0 Å². The van der Waals surface area contributed by atoms with E-state index in [0.717, 1.165) is 11.1 Å². The van der Waals surface area contributed by atoms with Crippen LogP contribution in [0.2, 0.25) is 0 Å². The summed E-state index contributed by atoms with van der Waals surface area (Å²) in [5, 5.41) is 2.70. The number of nitrogens with one attached hydrogen (secondary N) is 1. The monoisotopic (exact) mass is 407 g/mol. The number of anilines is 2. The van der Waals surface area contributed by atoms with E-state index in [1.54, 1.807) is 36.5 Å². The molecule has 1 aliphatic rings. The standard InChI is InChI=1S/C22H21N3O3S/c1-15(2)16-9-10-20-19(12-16)18-7-3-4-8-21(18)29(27,28)25(20)14-22(26)24-17-6-5-11-23-13-17/h3-13,15H,14H2,1-2H3,(H,24,26). The number of rotatable bonds is 4. The van der Waals surface area contributed by atoms with Crippen LogP contribution in [0.1, 0.15) is 25.3 Å². The minimum Gasteiger partial charge on any atom is -0.323 e. The molecule has 3 aromatic rings. The Labute approximate surface area is 170 Å². The molecule has 0 atom stereocenters. The summed E-state index contributed by atoms with van der Waals surface area (Å²) in [7, 11) is -3.86. The number of nitrogens with zero attached hydrogens (tertiary/aromatic N) is 2. The lowest BCUT2D eigenvalue weighted by Gasteiger charge is -2.32. The lowest BCUT2D eigenvalue weighted by atomic mass is 9.95. The largest absolute Gasteiger partial charge is 0.323 e. The van der Waals surface area contributed by atoms with E-state index < -0.39 is 15.9 Å². The molecule has 1 aliphatic heterocycles. The van der Waals surface area contributed by atoms with E-state index in [4.69, 9.17) is 0 Å². The number of pyridine rings is 1. The lowest BCUT2D eigenvalue weighted by molar-refractivity contribution is -0.114. The fraction of sp³-hybridized carbons (Fsp3) is 0.182. The molecule has 148 valence electrons. The molecule has 0 fully saturated rings. The maximum atomic E-state index is 13.3. The number of sulfonamides is 1. The molecule has 0 saturated heterocycles. The third-order valence-corrected chi connectivity index (χ3v) is 6.75. The summed E-state index contributed by atoms with van der Waals surface area (Å²) < 4.78 is 27.8. The Morgan fingerprint density at radius 2 is 1.86 bits per heavy atom. The molecule has 1 amide bonds. The van der Waals surface area contributed by atoms with Gasteiger partial charge in [-0.1, -0.05) is 38.1 Å². The van der Waals surface area contributed by atoms with E-state index in [2.05, 4.69) is 24.1 Å². The highest BCUT2D eigenvalue weighted by molar-refractivity contribution is 7.93. The van der Waals surface area contributed by atoms with Gasteiger partial charge in [0.2, 0.25) is 5.91 Å². The van der Waals surface area contributed by atoms with E-state index in [0.29, 0.717) is 22.9 Å². The van der Waals surface area contributed by atoms with Crippen LogP contribution in [-0.4, -0.2) is 25.9 Å². The summed E-state index contributed by atoms with van der Waals surface area (Å²) in [6.45, 7) is 3.86. The number of benzene rings is 2. The molecule has 1 N–H and O–H groups in total. The minimum atomic E-state index is -3.86. The first-order valence-corrected chi connectivity index (χ1v) is 10.8. The van der Waals surface area contributed by atoms with Gasteiger partial charge in [0.05, 0.1) is 22.5 Å². The van der Waals surface area contributed by atoms with E-state index in [1.165, 1.54) is 10.5 Å². The molecule has 2 aromatic carbocycles. The van der Waals surface area contributed by atoms with E-state index in [-0.39, 0.29) is 11.4 Å². The second-order valence-electron chi connectivity index (χ2n) is 7.23. The van der Waals surface area contributed by atoms with Crippen molar-refractivity contribution in [3.63, 3.8) is 0 Å². The molecule has 0 saturated carbocycles. The van der Waals surface area contributed by atoms with Gasteiger partial charge < -0.3 is 5.32 Å². The molecule has 0 bridgehead atoms. The Morgan fingerprint density at radius 3 is 2.59 bits per heavy atom. The van der Waals surface area contributed by atoms with Crippen LogP contribution in [0.3, 0.4) is 0 Å². The highest BCUT2D eigenvalue weighted by Gasteiger charge is 2.36. The second kappa shape index (κ2) is 7.33. The van der Waals surface area contributed by atoms with Crippen molar-refractivity contribution in [3.05, 3.63) is 72.6 Å². The van der Waals surface area contributed by atoms with Crippen LogP contribution in [0, 0.1) is 0 Å². The zero-order chi connectivity index (χ0) is 20.6. The predicted octanol–water partition coefficient (Wildman–Crippen LogP) is 4.02. The van der Waals surface area contributed by atoms with Gasteiger partial charge in [-0.15, -0.1) is 0 Å². The maximum Gasteiger partial charge on any atom is 0.265 e. The van der Waals surface area contributed by atoms with Gasteiger partial charge in [-0.3, -0.25) is 14.1 Å². The number of amides is 1. The van der Waals surface area contributed by atoms with E-state index in [1.807, 2.05) is 24.3 Å². The average molecular weight is 407 g/mol. The first-order valence-electron chi connectivity index (χ1n) is 9.34. The molecule has 0 unspecified atom stereocenters. The van der Waals surface area contributed by atoms with E-state index in [9.17, 15) is 13.2 Å². The molecule has 29 heavy (non-hydrogen) atoms. The second-order valence-corrected chi connectivity index (χ2v) is 9.06. The van der Waals surface area contributed by atoms with Crippen molar-refractivity contribution in [1.82, 2.24) is 4.98 Å². The quantitative estimate of drug-likeness (QED) is 0.708. The molecule has 0 aliphatic carbocycles. The SMILES string of the molecule is CC(C)c1ccc2c(c1)-c1ccccc1S(=O)(=O)N2CC(=O)Nc1cccnc1. The molecule has 6 nitrogen and oxygen atoms in total. The predicted molar refractivity (Wildman–Crippen MR) is 113 cm³/mol. The number of aromatic nitrogens is 1. The normalized spacial score (nSPS) is 14.2. The molecule has 2 heterocycles. The summed E-state index contributed by atoms with van der Waals surface area (Å²) in [5.41, 5.74) is 3.61. The van der Waals surface area contributed by atoms with Crippen molar-refractivity contribution >= 4 is 27.3 Å². The highest BCUT2D eigenvalue weighted by atomic mass is 32.2. The number of carbonyl (C=O) groups excluding carboxylic acids is 1. The van der Waals surface area contributed by atoms with E-state index >= 15 is 0 Å². The van der Waals surface area contributed by atoms with Gasteiger partial charge in [-0.2, -0.15) is 0 Å². The van der Waals surface area contributed by atoms with Crippen LogP contribution in [0.5, 0.6) is 0 Å². The molecule has 4 rings (SSSR count). The maximum absolute atomic E-state index is 13.3. The summed E-state index contributed by atoms with van der Waals surface area (Å²) in [6.07, 6.45) is 3.12. The van der Waals surface area contributed by atoms with Gasteiger partial charge in [-0.25, -0.2) is 8.42 Å². The smallest absolute Gasteiger partial charge is 0.265 e. The highest BCUT2D eigenvalue weighted by Crippen LogP contribution is 2.43. The number of hydrogen-bond donors (Lipinski definition) is 1. The zero-order valence-corrected chi connectivity index (χ0v) is 17.0. The molecule has 0 spiro atoms. The van der Waals surface area contributed by atoms with Crippen molar-refractivity contribution < 1.29 is 13.2 Å². The fourth-order valence-electron chi connectivity index (χ4n) is 3.45. The van der Waals surface area contributed by atoms with Crippen LogP contribution < -0.4 is 9.62 Å². The van der Waals surface area contributed by atoms with Gasteiger partial charge in [0, 0.05) is 17.3 Å². The lowest BCUT2D eigenvalue weighted by Crippen LogP contribution is -2.40. The van der Waals surface area contributed by atoms with Gasteiger partial charge in [0.25, 0.3) is 10.0 Å². The molecule has 7 heteroatoms. The van der Waals surface area contributed by atoms with Crippen LogP contribution >= 0.6 is 0 Å². The van der Waals surface area contributed by atoms with Crippen LogP contribution in [0.15, 0.2) is 71.9 Å². The Balaban J connectivity index is 1.77. The Morgan fingerprint density at radius 1 is 1.07 bits per heavy atom. The van der Waals surface area contributed by atoms with Crippen molar-refractivity contribution in [2.45, 2.75) is 24.7 Å². The fourth-order valence-corrected chi connectivity index (χ4v) is 5.10. The number of fused-ring (bicyclic) bond motifs is 3. The Bertz CT molecular complexity index is 1170. The Hall–Kier alpha value is -3.19.